The first-order chi connectivity index (χ1) is 9.06. The minimum Gasteiger partial charge on any atom is -0.363 e. The zero-order valence-corrected chi connectivity index (χ0v) is 11.8. The Labute approximate surface area is 114 Å². The van der Waals surface area contributed by atoms with Crippen LogP contribution < -0.4 is 15.5 Å². The van der Waals surface area contributed by atoms with Crippen molar-refractivity contribution in [2.45, 2.75) is 32.4 Å². The van der Waals surface area contributed by atoms with Crippen molar-refractivity contribution in [1.29, 1.82) is 0 Å². The second kappa shape index (κ2) is 5.91. The van der Waals surface area contributed by atoms with Crippen LogP contribution in [0.3, 0.4) is 0 Å². The van der Waals surface area contributed by atoms with Gasteiger partial charge in [0.15, 0.2) is 0 Å². The molecule has 5 nitrogen and oxygen atoms in total. The summed E-state index contributed by atoms with van der Waals surface area (Å²) in [4.78, 5) is 17.9. The highest BCUT2D eigenvalue weighted by Crippen LogP contribution is 2.32. The van der Waals surface area contributed by atoms with Gasteiger partial charge in [0.1, 0.15) is 5.82 Å². The Kier molecular flexibility index (Phi) is 4.24. The topological polar surface area (TPSA) is 57.3 Å². The van der Waals surface area contributed by atoms with Gasteiger partial charge in [-0.3, -0.25) is 0 Å². The lowest BCUT2D eigenvalue weighted by atomic mass is 10.2. The molecule has 2 rings (SSSR count). The molecule has 2 amide bonds. The van der Waals surface area contributed by atoms with Gasteiger partial charge < -0.3 is 15.5 Å². The van der Waals surface area contributed by atoms with Crippen molar-refractivity contribution in [3.8, 4) is 0 Å². The molecule has 1 aromatic heterocycles. The Morgan fingerprint density at radius 3 is 2.89 bits per heavy atom. The van der Waals surface area contributed by atoms with E-state index in [0.29, 0.717) is 12.5 Å². The first-order valence-electron chi connectivity index (χ1n) is 6.73. The Bertz CT molecular complexity index is 443. The molecule has 1 saturated carbocycles. The summed E-state index contributed by atoms with van der Waals surface area (Å²) in [6, 6.07) is 4.07. The van der Waals surface area contributed by atoms with Crippen molar-refractivity contribution in [1.82, 2.24) is 15.6 Å². The number of amides is 2. The number of pyridine rings is 1. The van der Waals surface area contributed by atoms with Crippen LogP contribution in [0.2, 0.25) is 0 Å². The zero-order chi connectivity index (χ0) is 13.8. The molecule has 1 unspecified atom stereocenters. The lowest BCUT2D eigenvalue weighted by molar-refractivity contribution is 0.236. The number of nitrogens with one attached hydrogen (secondary N) is 2. The molecule has 1 aromatic rings. The van der Waals surface area contributed by atoms with E-state index in [9.17, 15) is 4.79 Å². The molecule has 1 fully saturated rings. The van der Waals surface area contributed by atoms with Gasteiger partial charge in [-0.2, -0.15) is 0 Å². The fourth-order valence-corrected chi connectivity index (χ4v) is 1.97. The highest BCUT2D eigenvalue weighted by atomic mass is 16.2. The first-order valence-corrected chi connectivity index (χ1v) is 6.73. The summed E-state index contributed by atoms with van der Waals surface area (Å²) in [5.74, 6) is 1.57. The van der Waals surface area contributed by atoms with E-state index in [-0.39, 0.29) is 12.1 Å². The molecular weight excluding hydrogens is 240 g/mol. The second-order valence-corrected chi connectivity index (χ2v) is 5.37. The number of aromatic nitrogens is 1. The average molecular weight is 262 g/mol. The molecule has 5 heteroatoms. The molecule has 0 bridgehead atoms. The third kappa shape index (κ3) is 4.12. The molecule has 1 atom stereocenters. The van der Waals surface area contributed by atoms with Gasteiger partial charge in [-0.15, -0.1) is 0 Å². The van der Waals surface area contributed by atoms with Gasteiger partial charge in [-0.1, -0.05) is 0 Å². The highest BCUT2D eigenvalue weighted by molar-refractivity contribution is 5.74. The summed E-state index contributed by atoms with van der Waals surface area (Å²) in [6.07, 6.45) is 4.23. The van der Waals surface area contributed by atoms with Crippen LogP contribution in [0.25, 0.3) is 0 Å². The Hall–Kier alpha value is -1.78. The summed E-state index contributed by atoms with van der Waals surface area (Å²) in [5.41, 5.74) is 1.05. The van der Waals surface area contributed by atoms with Crippen molar-refractivity contribution in [3.63, 3.8) is 0 Å². The summed E-state index contributed by atoms with van der Waals surface area (Å²) < 4.78 is 0. The Morgan fingerprint density at radius 2 is 2.26 bits per heavy atom. The number of anilines is 1. The van der Waals surface area contributed by atoms with E-state index in [0.717, 1.165) is 11.4 Å². The molecule has 0 radical (unpaired) electrons. The van der Waals surface area contributed by atoms with Gasteiger partial charge in [0.05, 0.1) is 0 Å². The summed E-state index contributed by atoms with van der Waals surface area (Å²) in [6.45, 7) is 2.58. The predicted octanol–water partition coefficient (Wildman–Crippen LogP) is 1.75. The smallest absolute Gasteiger partial charge is 0.315 e. The van der Waals surface area contributed by atoms with Gasteiger partial charge in [0.2, 0.25) is 0 Å². The molecule has 2 N–H and O–H groups in total. The monoisotopic (exact) mass is 262 g/mol. The maximum Gasteiger partial charge on any atom is 0.315 e. The lowest BCUT2D eigenvalue weighted by Gasteiger charge is -2.15. The lowest BCUT2D eigenvalue weighted by Crippen LogP contribution is -2.41. The second-order valence-electron chi connectivity index (χ2n) is 5.37. The fourth-order valence-electron chi connectivity index (χ4n) is 1.97. The van der Waals surface area contributed by atoms with E-state index in [1.165, 1.54) is 12.8 Å². The summed E-state index contributed by atoms with van der Waals surface area (Å²) in [5, 5.41) is 5.86. The molecule has 19 heavy (non-hydrogen) atoms. The van der Waals surface area contributed by atoms with Crippen LogP contribution in [0.4, 0.5) is 10.6 Å². The van der Waals surface area contributed by atoms with E-state index >= 15 is 0 Å². The van der Waals surface area contributed by atoms with Gasteiger partial charge in [-0.25, -0.2) is 9.78 Å². The highest BCUT2D eigenvalue weighted by Gasteiger charge is 2.28. The number of rotatable bonds is 5. The van der Waals surface area contributed by atoms with Crippen LogP contribution in [-0.4, -0.2) is 31.2 Å². The minimum absolute atomic E-state index is 0.0948. The van der Waals surface area contributed by atoms with Crippen LogP contribution in [0.1, 0.15) is 25.3 Å². The van der Waals surface area contributed by atoms with Crippen molar-refractivity contribution in [2.75, 3.05) is 19.0 Å². The van der Waals surface area contributed by atoms with Crippen LogP contribution in [0.5, 0.6) is 0 Å². The number of hydrogen-bond donors (Lipinski definition) is 2. The van der Waals surface area contributed by atoms with Crippen LogP contribution >= 0.6 is 0 Å². The normalized spacial score (nSPS) is 15.7. The van der Waals surface area contributed by atoms with Crippen molar-refractivity contribution >= 4 is 11.8 Å². The van der Waals surface area contributed by atoms with Crippen LogP contribution in [0.15, 0.2) is 18.3 Å². The van der Waals surface area contributed by atoms with Crippen molar-refractivity contribution in [3.05, 3.63) is 23.9 Å². The maximum atomic E-state index is 11.7. The van der Waals surface area contributed by atoms with Gasteiger partial charge >= 0.3 is 6.03 Å². The van der Waals surface area contributed by atoms with Crippen LogP contribution in [0, 0.1) is 5.92 Å². The summed E-state index contributed by atoms with van der Waals surface area (Å²) >= 11 is 0. The molecule has 0 aromatic carbocycles. The van der Waals surface area contributed by atoms with E-state index in [2.05, 4.69) is 22.5 Å². The molecule has 0 saturated heterocycles. The van der Waals surface area contributed by atoms with Crippen LogP contribution in [-0.2, 0) is 6.54 Å². The molecule has 0 aliphatic heterocycles. The Morgan fingerprint density at radius 1 is 1.53 bits per heavy atom. The molecule has 1 aliphatic carbocycles. The van der Waals surface area contributed by atoms with Crippen molar-refractivity contribution in [2.24, 2.45) is 5.92 Å². The summed E-state index contributed by atoms with van der Waals surface area (Å²) in [7, 11) is 3.90. The maximum absolute atomic E-state index is 11.7. The predicted molar refractivity (Wildman–Crippen MR) is 76.1 cm³/mol. The van der Waals surface area contributed by atoms with Gasteiger partial charge in [-0.05, 0) is 43.4 Å². The SMILES string of the molecule is CC(NC(=O)NCc1ccnc(N(C)C)c1)C1CC1. The average Bonchev–Trinajstić information content (AvgIpc) is 3.21. The molecular formula is C14H22N4O. The Balaban J connectivity index is 1.80. The first kappa shape index (κ1) is 13.6. The van der Waals surface area contributed by atoms with Gasteiger partial charge in [0, 0.05) is 32.9 Å². The quantitative estimate of drug-likeness (QED) is 0.850. The minimum atomic E-state index is -0.0948. The number of hydrogen-bond acceptors (Lipinski definition) is 3. The van der Waals surface area contributed by atoms with E-state index < -0.39 is 0 Å². The molecule has 0 spiro atoms. The third-order valence-electron chi connectivity index (χ3n) is 3.41. The molecule has 1 aliphatic rings. The zero-order valence-electron chi connectivity index (χ0n) is 11.8. The number of urea groups is 1. The molecule has 1 heterocycles. The number of nitrogens with zero attached hydrogens (tertiary/aromatic N) is 2. The van der Waals surface area contributed by atoms with E-state index in [1.807, 2.05) is 31.1 Å². The van der Waals surface area contributed by atoms with E-state index in [4.69, 9.17) is 0 Å². The fraction of sp³-hybridized carbons (Fsp3) is 0.571. The number of carbonyl (C=O) groups excluding carboxylic acids is 1. The van der Waals surface area contributed by atoms with Crippen molar-refractivity contribution < 1.29 is 4.79 Å². The third-order valence-corrected chi connectivity index (χ3v) is 3.41. The van der Waals surface area contributed by atoms with E-state index in [1.54, 1.807) is 6.20 Å². The number of carbonyl (C=O) groups is 1. The largest absolute Gasteiger partial charge is 0.363 e. The molecule has 104 valence electrons. The standard InChI is InChI=1S/C14H22N4O/c1-10(12-4-5-12)17-14(19)16-9-11-6-7-15-13(8-11)18(2)3/h6-8,10,12H,4-5,9H2,1-3H3,(H2,16,17,19). The van der Waals surface area contributed by atoms with Gasteiger partial charge in [0.25, 0.3) is 0 Å².